The SMILES string of the molecule is CNC(=O)[C@H](Cc1ccccc1)NS(=O)(=O)c1ccccc1. The van der Waals surface area contributed by atoms with Gasteiger partial charge in [-0.05, 0) is 24.1 Å². The summed E-state index contributed by atoms with van der Waals surface area (Å²) in [6, 6.07) is 16.4. The van der Waals surface area contributed by atoms with Crippen LogP contribution in [0, 0.1) is 0 Å². The molecule has 0 aliphatic heterocycles. The summed E-state index contributed by atoms with van der Waals surface area (Å²) >= 11 is 0. The molecule has 0 spiro atoms. The normalized spacial score (nSPS) is 12.6. The molecule has 0 aliphatic rings. The Hall–Kier alpha value is -2.18. The van der Waals surface area contributed by atoms with E-state index in [1.807, 2.05) is 30.3 Å². The van der Waals surface area contributed by atoms with Crippen LogP contribution in [-0.4, -0.2) is 27.4 Å². The van der Waals surface area contributed by atoms with Gasteiger partial charge < -0.3 is 5.32 Å². The van der Waals surface area contributed by atoms with Gasteiger partial charge in [0.05, 0.1) is 4.90 Å². The van der Waals surface area contributed by atoms with Crippen LogP contribution >= 0.6 is 0 Å². The first-order chi connectivity index (χ1) is 10.5. The highest BCUT2D eigenvalue weighted by atomic mass is 32.2. The molecule has 0 saturated heterocycles. The van der Waals surface area contributed by atoms with E-state index >= 15 is 0 Å². The van der Waals surface area contributed by atoms with Gasteiger partial charge in [-0.25, -0.2) is 8.42 Å². The highest BCUT2D eigenvalue weighted by molar-refractivity contribution is 7.89. The third-order valence-corrected chi connectivity index (χ3v) is 4.68. The van der Waals surface area contributed by atoms with Crippen molar-refractivity contribution in [2.45, 2.75) is 17.4 Å². The predicted octanol–water partition coefficient (Wildman–Crippen LogP) is 1.32. The van der Waals surface area contributed by atoms with Gasteiger partial charge in [0.1, 0.15) is 6.04 Å². The molecule has 0 fully saturated rings. The Bertz CT molecular complexity index is 716. The fraction of sp³-hybridized carbons (Fsp3) is 0.188. The summed E-state index contributed by atoms with van der Waals surface area (Å²) in [5.41, 5.74) is 0.881. The summed E-state index contributed by atoms with van der Waals surface area (Å²) in [7, 11) is -2.26. The molecule has 0 heterocycles. The Kier molecular flexibility index (Phi) is 5.30. The molecular weight excluding hydrogens is 300 g/mol. The molecule has 0 unspecified atom stereocenters. The van der Waals surface area contributed by atoms with Crippen molar-refractivity contribution in [2.24, 2.45) is 0 Å². The Balaban J connectivity index is 2.22. The van der Waals surface area contributed by atoms with Crippen LogP contribution in [0.25, 0.3) is 0 Å². The van der Waals surface area contributed by atoms with E-state index in [0.717, 1.165) is 5.56 Å². The number of carbonyl (C=O) groups is 1. The van der Waals surface area contributed by atoms with Crippen LogP contribution in [0.4, 0.5) is 0 Å². The van der Waals surface area contributed by atoms with Gasteiger partial charge in [0, 0.05) is 7.05 Å². The van der Waals surface area contributed by atoms with E-state index in [4.69, 9.17) is 0 Å². The molecule has 0 aromatic heterocycles. The van der Waals surface area contributed by atoms with Crippen LogP contribution in [0.3, 0.4) is 0 Å². The highest BCUT2D eigenvalue weighted by Crippen LogP contribution is 2.10. The number of hydrogen-bond acceptors (Lipinski definition) is 3. The lowest BCUT2D eigenvalue weighted by atomic mass is 10.1. The zero-order valence-corrected chi connectivity index (χ0v) is 13.0. The number of likely N-dealkylation sites (N-methyl/N-ethyl adjacent to an activating group) is 1. The van der Waals surface area contributed by atoms with E-state index in [9.17, 15) is 13.2 Å². The zero-order chi connectivity index (χ0) is 16.0. The lowest BCUT2D eigenvalue weighted by molar-refractivity contribution is -0.122. The third kappa shape index (κ3) is 4.16. The first-order valence-corrected chi connectivity index (χ1v) is 8.34. The number of benzene rings is 2. The fourth-order valence-corrected chi connectivity index (χ4v) is 3.28. The minimum Gasteiger partial charge on any atom is -0.358 e. The minimum absolute atomic E-state index is 0.136. The summed E-state index contributed by atoms with van der Waals surface area (Å²) in [4.78, 5) is 12.1. The van der Waals surface area contributed by atoms with Gasteiger partial charge in [-0.15, -0.1) is 0 Å². The van der Waals surface area contributed by atoms with Crippen molar-refractivity contribution in [1.82, 2.24) is 10.0 Å². The van der Waals surface area contributed by atoms with Gasteiger partial charge in [-0.1, -0.05) is 48.5 Å². The first-order valence-electron chi connectivity index (χ1n) is 6.86. The zero-order valence-electron chi connectivity index (χ0n) is 12.2. The van der Waals surface area contributed by atoms with Crippen molar-refractivity contribution in [2.75, 3.05) is 7.05 Å². The van der Waals surface area contributed by atoms with Gasteiger partial charge in [0.25, 0.3) is 0 Å². The maximum atomic E-state index is 12.4. The van der Waals surface area contributed by atoms with Crippen LogP contribution in [0.15, 0.2) is 65.6 Å². The summed E-state index contributed by atoms with van der Waals surface area (Å²) in [6.07, 6.45) is 0.284. The molecule has 5 nitrogen and oxygen atoms in total. The van der Waals surface area contributed by atoms with Gasteiger partial charge >= 0.3 is 0 Å². The molecule has 1 atom stereocenters. The quantitative estimate of drug-likeness (QED) is 0.843. The summed E-state index contributed by atoms with van der Waals surface area (Å²) in [5, 5.41) is 2.49. The van der Waals surface area contributed by atoms with Gasteiger partial charge in [-0.3, -0.25) is 4.79 Å². The largest absolute Gasteiger partial charge is 0.358 e. The molecular formula is C16H18N2O3S. The van der Waals surface area contributed by atoms with E-state index in [0.29, 0.717) is 0 Å². The Morgan fingerprint density at radius 2 is 1.55 bits per heavy atom. The second kappa shape index (κ2) is 7.20. The highest BCUT2D eigenvalue weighted by Gasteiger charge is 2.25. The van der Waals surface area contributed by atoms with Crippen LogP contribution in [0.5, 0.6) is 0 Å². The number of nitrogens with one attached hydrogen (secondary N) is 2. The average Bonchev–Trinajstić information content (AvgIpc) is 2.55. The Morgan fingerprint density at radius 1 is 1.00 bits per heavy atom. The first kappa shape index (κ1) is 16.2. The molecule has 0 radical (unpaired) electrons. The summed E-state index contributed by atoms with van der Waals surface area (Å²) in [6.45, 7) is 0. The van der Waals surface area contributed by atoms with Gasteiger partial charge in [-0.2, -0.15) is 4.72 Å². The Labute approximate surface area is 130 Å². The molecule has 0 aliphatic carbocycles. The molecule has 2 N–H and O–H groups in total. The minimum atomic E-state index is -3.75. The van der Waals surface area contributed by atoms with Gasteiger partial charge in [0.2, 0.25) is 15.9 Å². The monoisotopic (exact) mass is 318 g/mol. The van der Waals surface area contributed by atoms with Crippen molar-refractivity contribution in [3.8, 4) is 0 Å². The van der Waals surface area contributed by atoms with E-state index in [2.05, 4.69) is 10.0 Å². The average molecular weight is 318 g/mol. The third-order valence-electron chi connectivity index (χ3n) is 3.20. The number of amides is 1. The van der Waals surface area contributed by atoms with E-state index in [-0.39, 0.29) is 17.2 Å². The van der Waals surface area contributed by atoms with Crippen LogP contribution in [0.2, 0.25) is 0 Å². The number of sulfonamides is 1. The molecule has 0 bridgehead atoms. The van der Waals surface area contributed by atoms with Crippen LogP contribution < -0.4 is 10.0 Å². The Morgan fingerprint density at radius 3 is 2.09 bits per heavy atom. The standard InChI is InChI=1S/C16H18N2O3S/c1-17-16(19)15(12-13-8-4-2-5-9-13)18-22(20,21)14-10-6-3-7-11-14/h2-11,15,18H,12H2,1H3,(H,17,19)/t15-/m0/s1. The van der Waals surface area contributed by atoms with Gasteiger partial charge in [0.15, 0.2) is 0 Å². The number of hydrogen-bond donors (Lipinski definition) is 2. The second-order valence-corrected chi connectivity index (χ2v) is 6.50. The number of rotatable bonds is 6. The molecule has 0 saturated carbocycles. The molecule has 6 heteroatoms. The van der Waals surface area contributed by atoms with E-state index in [1.165, 1.54) is 19.2 Å². The van der Waals surface area contributed by atoms with Crippen LogP contribution in [-0.2, 0) is 21.2 Å². The molecule has 1 amide bonds. The van der Waals surface area contributed by atoms with Crippen LogP contribution in [0.1, 0.15) is 5.56 Å². The topological polar surface area (TPSA) is 75.3 Å². The lowest BCUT2D eigenvalue weighted by Gasteiger charge is -2.17. The molecule has 116 valence electrons. The maximum absolute atomic E-state index is 12.4. The smallest absolute Gasteiger partial charge is 0.241 e. The van der Waals surface area contributed by atoms with E-state index in [1.54, 1.807) is 18.2 Å². The van der Waals surface area contributed by atoms with Crippen molar-refractivity contribution >= 4 is 15.9 Å². The summed E-state index contributed by atoms with van der Waals surface area (Å²) < 4.78 is 27.2. The van der Waals surface area contributed by atoms with Crippen molar-refractivity contribution in [1.29, 1.82) is 0 Å². The number of carbonyl (C=O) groups excluding carboxylic acids is 1. The predicted molar refractivity (Wildman–Crippen MR) is 84.8 cm³/mol. The molecule has 2 rings (SSSR count). The molecule has 22 heavy (non-hydrogen) atoms. The lowest BCUT2D eigenvalue weighted by Crippen LogP contribution is -2.46. The van der Waals surface area contributed by atoms with Crippen molar-refractivity contribution in [3.05, 3.63) is 66.2 Å². The molecule has 2 aromatic carbocycles. The van der Waals surface area contributed by atoms with Crippen molar-refractivity contribution in [3.63, 3.8) is 0 Å². The fourth-order valence-electron chi connectivity index (χ4n) is 2.07. The maximum Gasteiger partial charge on any atom is 0.241 e. The second-order valence-electron chi connectivity index (χ2n) is 4.79. The van der Waals surface area contributed by atoms with E-state index < -0.39 is 16.1 Å². The van der Waals surface area contributed by atoms with Crippen molar-refractivity contribution < 1.29 is 13.2 Å². The summed E-state index contributed by atoms with van der Waals surface area (Å²) in [5.74, 6) is -0.372. The molecule has 2 aromatic rings.